The summed E-state index contributed by atoms with van der Waals surface area (Å²) in [5, 5.41) is 2.52. The zero-order valence-electron chi connectivity index (χ0n) is 16.9. The third-order valence-electron chi connectivity index (χ3n) is 5.06. The second-order valence-electron chi connectivity index (χ2n) is 7.69. The van der Waals surface area contributed by atoms with Crippen LogP contribution < -0.4 is 10.0 Å². The number of rotatable bonds is 7. The predicted molar refractivity (Wildman–Crippen MR) is 111 cm³/mol. The highest BCUT2D eigenvalue weighted by molar-refractivity contribution is 7.89. The molecule has 166 valence electrons. The minimum atomic E-state index is -4.09. The quantitative estimate of drug-likeness (QED) is 0.597. The van der Waals surface area contributed by atoms with E-state index in [0.717, 1.165) is 34.7 Å². The van der Waals surface area contributed by atoms with E-state index in [2.05, 4.69) is 14.4 Å². The van der Waals surface area contributed by atoms with Gasteiger partial charge in [-0.15, -0.1) is 0 Å². The molecular formula is C20H22FN3O5S2. The van der Waals surface area contributed by atoms with Crippen molar-refractivity contribution in [3.05, 3.63) is 46.7 Å². The van der Waals surface area contributed by atoms with Crippen molar-refractivity contribution < 1.29 is 27.2 Å². The minimum absolute atomic E-state index is 0.178. The first-order valence-corrected chi connectivity index (χ1v) is 11.9. The van der Waals surface area contributed by atoms with Gasteiger partial charge in [-0.05, 0) is 48.1 Å². The lowest BCUT2D eigenvalue weighted by molar-refractivity contribution is -0.141. The Bertz CT molecular complexity index is 1100. The molecule has 8 nitrogen and oxygen atoms in total. The summed E-state index contributed by atoms with van der Waals surface area (Å²) in [6.07, 6.45) is 1.51. The molecule has 2 atom stereocenters. The molecule has 0 radical (unpaired) electrons. The number of sulfonamides is 1. The van der Waals surface area contributed by atoms with Crippen molar-refractivity contribution in [2.24, 2.45) is 11.8 Å². The number of nitrogens with zero attached hydrogens (tertiary/aromatic N) is 1. The molecule has 1 aliphatic rings. The lowest BCUT2D eigenvalue weighted by Gasteiger charge is -2.24. The fraction of sp³-hybridized carbons (Fsp3) is 0.400. The molecule has 1 amide bonds. The Balaban J connectivity index is 1.80. The van der Waals surface area contributed by atoms with Crippen LogP contribution in [0.15, 0.2) is 35.4 Å². The summed E-state index contributed by atoms with van der Waals surface area (Å²) in [5.41, 5.74) is 0.792. The number of Topliss-reactive ketones (excluding diaryl/α,β-unsaturated/α-hetero) is 2. The van der Waals surface area contributed by atoms with E-state index >= 15 is 0 Å². The molecule has 3 rings (SSSR count). The van der Waals surface area contributed by atoms with Gasteiger partial charge in [-0.2, -0.15) is 0 Å². The molecule has 0 saturated carbocycles. The van der Waals surface area contributed by atoms with E-state index in [1.165, 1.54) is 11.5 Å². The van der Waals surface area contributed by atoms with Crippen LogP contribution in [0, 0.1) is 17.7 Å². The van der Waals surface area contributed by atoms with Crippen molar-refractivity contribution in [3.63, 3.8) is 0 Å². The van der Waals surface area contributed by atoms with E-state index in [0.29, 0.717) is 0 Å². The summed E-state index contributed by atoms with van der Waals surface area (Å²) in [6, 6.07) is 3.12. The molecule has 0 aliphatic carbocycles. The van der Waals surface area contributed by atoms with E-state index in [1.54, 1.807) is 20.0 Å². The molecule has 2 N–H and O–H groups in total. The van der Waals surface area contributed by atoms with Crippen molar-refractivity contribution in [2.45, 2.75) is 44.2 Å². The molecule has 11 heteroatoms. The van der Waals surface area contributed by atoms with Gasteiger partial charge in [0.15, 0.2) is 5.78 Å². The average molecular weight is 468 g/mol. The topological polar surface area (TPSA) is 122 Å². The van der Waals surface area contributed by atoms with Crippen LogP contribution in [0.3, 0.4) is 0 Å². The zero-order valence-corrected chi connectivity index (χ0v) is 18.6. The molecule has 0 bridgehead atoms. The van der Waals surface area contributed by atoms with Gasteiger partial charge >= 0.3 is 0 Å². The van der Waals surface area contributed by atoms with Gasteiger partial charge in [0.05, 0.1) is 10.9 Å². The summed E-state index contributed by atoms with van der Waals surface area (Å²) >= 11 is 1.20. The standard InChI is InChI=1S/C20H22FN3O5S2/c1-11(2)18(24-31(28,29)15-5-3-14(21)4-6-15)16(25)7-12-8-17-13(10-23-30-17)9-22-20(27)19(12)26/h3-6,10-12,18,24H,7-9H2,1-2H3,(H,22,27). The molecule has 1 aromatic carbocycles. The highest BCUT2D eigenvalue weighted by Crippen LogP contribution is 2.24. The Morgan fingerprint density at radius 3 is 2.61 bits per heavy atom. The molecule has 0 saturated heterocycles. The fourth-order valence-corrected chi connectivity index (χ4v) is 5.51. The second kappa shape index (κ2) is 9.33. The molecule has 1 aromatic heterocycles. The average Bonchev–Trinajstić information content (AvgIpc) is 3.15. The number of halogens is 1. The first-order valence-electron chi connectivity index (χ1n) is 9.63. The maximum Gasteiger partial charge on any atom is 0.287 e. The van der Waals surface area contributed by atoms with E-state index < -0.39 is 51.2 Å². The van der Waals surface area contributed by atoms with Crippen LogP contribution >= 0.6 is 11.5 Å². The third-order valence-corrected chi connectivity index (χ3v) is 7.38. The molecular weight excluding hydrogens is 445 g/mol. The lowest BCUT2D eigenvalue weighted by Crippen LogP contribution is -2.46. The van der Waals surface area contributed by atoms with Crippen molar-refractivity contribution in [2.75, 3.05) is 0 Å². The number of carbonyl (C=O) groups excluding carboxylic acids is 3. The van der Waals surface area contributed by atoms with Gasteiger partial charge < -0.3 is 5.32 Å². The normalized spacial score (nSPS) is 18.1. The Hall–Kier alpha value is -2.50. The lowest BCUT2D eigenvalue weighted by atomic mass is 9.87. The number of benzene rings is 1. The summed E-state index contributed by atoms with van der Waals surface area (Å²) < 4.78 is 44.9. The number of aromatic nitrogens is 1. The first kappa shape index (κ1) is 23.2. The highest BCUT2D eigenvalue weighted by Gasteiger charge is 2.35. The summed E-state index contributed by atoms with van der Waals surface area (Å²) in [5.74, 6) is -3.90. The highest BCUT2D eigenvalue weighted by atomic mass is 32.2. The zero-order chi connectivity index (χ0) is 22.8. The minimum Gasteiger partial charge on any atom is -0.345 e. The Morgan fingerprint density at radius 2 is 1.97 bits per heavy atom. The molecule has 2 aromatic rings. The fourth-order valence-electron chi connectivity index (χ4n) is 3.32. The number of hydrogen-bond acceptors (Lipinski definition) is 7. The number of fused-ring (bicyclic) bond motifs is 1. The van der Waals surface area contributed by atoms with E-state index in [9.17, 15) is 27.2 Å². The van der Waals surface area contributed by atoms with Crippen LogP contribution in [0.25, 0.3) is 0 Å². The Kier molecular flexibility index (Phi) is 6.97. The van der Waals surface area contributed by atoms with Gasteiger partial charge in [-0.1, -0.05) is 13.8 Å². The van der Waals surface area contributed by atoms with Gasteiger partial charge in [-0.25, -0.2) is 21.9 Å². The molecule has 1 aliphatic heterocycles. The predicted octanol–water partition coefficient (Wildman–Crippen LogP) is 1.60. The first-order chi connectivity index (χ1) is 14.6. The van der Waals surface area contributed by atoms with Gasteiger partial charge in [0.2, 0.25) is 15.8 Å². The van der Waals surface area contributed by atoms with Gasteiger partial charge in [0.25, 0.3) is 5.91 Å². The van der Waals surface area contributed by atoms with Crippen molar-refractivity contribution in [3.8, 4) is 0 Å². The van der Waals surface area contributed by atoms with Gasteiger partial charge in [0.1, 0.15) is 5.82 Å². The second-order valence-corrected chi connectivity index (χ2v) is 10.3. The van der Waals surface area contributed by atoms with E-state index in [-0.39, 0.29) is 24.3 Å². The summed E-state index contributed by atoms with van der Waals surface area (Å²) in [4.78, 5) is 38.3. The molecule has 0 spiro atoms. The van der Waals surface area contributed by atoms with Crippen LogP contribution in [0.5, 0.6) is 0 Å². The third kappa shape index (κ3) is 5.41. The maximum atomic E-state index is 13.1. The van der Waals surface area contributed by atoms with Crippen LogP contribution in [-0.4, -0.2) is 36.3 Å². The largest absolute Gasteiger partial charge is 0.345 e. The summed E-state index contributed by atoms with van der Waals surface area (Å²) in [6.45, 7) is 3.54. The van der Waals surface area contributed by atoms with Crippen molar-refractivity contribution in [1.29, 1.82) is 0 Å². The molecule has 0 fully saturated rings. The molecule has 2 heterocycles. The summed E-state index contributed by atoms with van der Waals surface area (Å²) in [7, 11) is -4.09. The van der Waals surface area contributed by atoms with Gasteiger partial charge in [0, 0.05) is 35.5 Å². The Morgan fingerprint density at radius 1 is 1.29 bits per heavy atom. The van der Waals surface area contributed by atoms with Crippen LogP contribution in [-0.2, 0) is 37.4 Å². The van der Waals surface area contributed by atoms with Crippen molar-refractivity contribution in [1.82, 2.24) is 14.4 Å². The maximum absolute atomic E-state index is 13.1. The van der Waals surface area contributed by atoms with E-state index in [1.807, 2.05) is 0 Å². The smallest absolute Gasteiger partial charge is 0.287 e. The number of nitrogens with one attached hydrogen (secondary N) is 2. The van der Waals surface area contributed by atoms with Crippen LogP contribution in [0.4, 0.5) is 4.39 Å². The monoisotopic (exact) mass is 467 g/mol. The number of ketones is 2. The molecule has 31 heavy (non-hydrogen) atoms. The van der Waals surface area contributed by atoms with Gasteiger partial charge in [-0.3, -0.25) is 14.4 Å². The molecule has 2 unspecified atom stereocenters. The van der Waals surface area contributed by atoms with Crippen LogP contribution in [0.1, 0.15) is 30.7 Å². The number of hydrogen-bond donors (Lipinski definition) is 2. The van der Waals surface area contributed by atoms with E-state index in [4.69, 9.17) is 0 Å². The number of amides is 1. The Labute approximate surface area is 183 Å². The number of carbonyl (C=O) groups is 3. The van der Waals surface area contributed by atoms with Crippen molar-refractivity contribution >= 4 is 39.0 Å². The van der Waals surface area contributed by atoms with Crippen LogP contribution in [0.2, 0.25) is 0 Å². The SMILES string of the molecule is CC(C)C(NS(=O)(=O)c1ccc(F)cc1)C(=O)CC1Cc2sncc2CNC(=O)C1=O.